The minimum atomic E-state index is -0.285. The first-order valence-electron chi connectivity index (χ1n) is 6.04. The number of hydrogen-bond acceptors (Lipinski definition) is 4. The van der Waals surface area contributed by atoms with Crippen LogP contribution in [0.15, 0.2) is 0 Å². The van der Waals surface area contributed by atoms with Gasteiger partial charge in [0, 0.05) is 19.6 Å². The Morgan fingerprint density at radius 2 is 2.18 bits per heavy atom. The molecule has 2 heterocycles. The number of nitrogens with one attached hydrogen (secondary N) is 2. The van der Waals surface area contributed by atoms with Crippen LogP contribution in [0.1, 0.15) is 12.8 Å². The molecular formula is C11H21ClN2O2S. The summed E-state index contributed by atoms with van der Waals surface area (Å²) in [5, 5.41) is 6.17. The third kappa shape index (κ3) is 5.04. The normalized spacial score (nSPS) is 26.0. The molecule has 0 radical (unpaired) electrons. The predicted molar refractivity (Wildman–Crippen MR) is 72.9 cm³/mol. The van der Waals surface area contributed by atoms with Gasteiger partial charge >= 0.3 is 0 Å². The smallest absolute Gasteiger partial charge is 0.250 e. The van der Waals surface area contributed by atoms with Gasteiger partial charge < -0.3 is 15.4 Å². The number of carbonyl (C=O) groups excluding carboxylic acids is 1. The first-order valence-corrected chi connectivity index (χ1v) is 7.19. The van der Waals surface area contributed by atoms with Crippen LogP contribution in [0.2, 0.25) is 0 Å². The Labute approximate surface area is 113 Å². The number of thioether (sulfide) groups is 1. The van der Waals surface area contributed by atoms with E-state index in [9.17, 15) is 4.79 Å². The van der Waals surface area contributed by atoms with Gasteiger partial charge in [-0.2, -0.15) is 11.8 Å². The summed E-state index contributed by atoms with van der Waals surface area (Å²) in [7, 11) is 0. The molecule has 4 nitrogen and oxygen atoms in total. The highest BCUT2D eigenvalue weighted by molar-refractivity contribution is 7.99. The number of ether oxygens (including phenoxy) is 1. The maximum absolute atomic E-state index is 11.8. The number of amides is 1. The van der Waals surface area contributed by atoms with E-state index in [0.717, 1.165) is 13.1 Å². The molecule has 2 saturated heterocycles. The lowest BCUT2D eigenvalue weighted by Gasteiger charge is -2.25. The maximum atomic E-state index is 11.8. The van der Waals surface area contributed by atoms with Crippen molar-refractivity contribution in [3.63, 3.8) is 0 Å². The highest BCUT2D eigenvalue weighted by Gasteiger charge is 2.22. The van der Waals surface area contributed by atoms with Gasteiger partial charge in [-0.25, -0.2) is 0 Å². The molecule has 2 N–H and O–H groups in total. The van der Waals surface area contributed by atoms with E-state index in [-0.39, 0.29) is 24.4 Å². The van der Waals surface area contributed by atoms with E-state index in [1.54, 1.807) is 0 Å². The van der Waals surface area contributed by atoms with E-state index in [1.165, 1.54) is 24.3 Å². The summed E-state index contributed by atoms with van der Waals surface area (Å²) >= 11 is 2.01. The van der Waals surface area contributed by atoms with Gasteiger partial charge in [-0.3, -0.25) is 4.79 Å². The van der Waals surface area contributed by atoms with E-state index in [4.69, 9.17) is 4.74 Å². The largest absolute Gasteiger partial charge is 0.366 e. The second-order valence-corrected chi connectivity index (χ2v) is 5.59. The molecule has 0 aromatic rings. The number of halogens is 1. The van der Waals surface area contributed by atoms with E-state index in [2.05, 4.69) is 10.6 Å². The zero-order chi connectivity index (χ0) is 11.2. The summed E-state index contributed by atoms with van der Waals surface area (Å²) in [6.07, 6.45) is 2.18. The summed E-state index contributed by atoms with van der Waals surface area (Å²) in [5.41, 5.74) is 0. The van der Waals surface area contributed by atoms with Crippen molar-refractivity contribution in [1.82, 2.24) is 10.6 Å². The summed E-state index contributed by atoms with van der Waals surface area (Å²) in [6.45, 7) is 2.95. The lowest BCUT2D eigenvalue weighted by atomic mass is 10.0. The summed E-state index contributed by atoms with van der Waals surface area (Å²) in [6, 6.07) is 0. The molecule has 0 spiro atoms. The average Bonchev–Trinajstić information content (AvgIpc) is 2.38. The molecule has 6 heteroatoms. The lowest BCUT2D eigenvalue weighted by Crippen LogP contribution is -2.48. The van der Waals surface area contributed by atoms with Gasteiger partial charge in [-0.05, 0) is 30.3 Å². The lowest BCUT2D eigenvalue weighted by molar-refractivity contribution is -0.134. The van der Waals surface area contributed by atoms with Crippen LogP contribution in [-0.2, 0) is 9.53 Å². The molecule has 2 aliphatic heterocycles. The molecule has 2 fully saturated rings. The highest BCUT2D eigenvalue weighted by atomic mass is 35.5. The predicted octanol–water partition coefficient (Wildman–Crippen LogP) is 0.656. The average molecular weight is 281 g/mol. The molecule has 2 aliphatic rings. The SMILES string of the molecule is Cl.O=C(NCC1CCSCC1)C1CNCCO1. The Hall–Kier alpha value is 0.0300. The molecule has 1 amide bonds. The fourth-order valence-electron chi connectivity index (χ4n) is 2.04. The van der Waals surface area contributed by atoms with Gasteiger partial charge in [0.15, 0.2) is 0 Å². The van der Waals surface area contributed by atoms with Gasteiger partial charge in [0.1, 0.15) is 6.10 Å². The van der Waals surface area contributed by atoms with Gasteiger partial charge in [0.2, 0.25) is 5.91 Å². The van der Waals surface area contributed by atoms with Crippen molar-refractivity contribution >= 4 is 30.1 Å². The minimum absolute atomic E-state index is 0. The van der Waals surface area contributed by atoms with Crippen molar-refractivity contribution < 1.29 is 9.53 Å². The molecule has 0 bridgehead atoms. The fourth-order valence-corrected chi connectivity index (χ4v) is 3.25. The van der Waals surface area contributed by atoms with E-state index in [1.807, 2.05) is 11.8 Å². The molecule has 0 aromatic heterocycles. The van der Waals surface area contributed by atoms with Crippen LogP contribution in [0.3, 0.4) is 0 Å². The van der Waals surface area contributed by atoms with Crippen LogP contribution < -0.4 is 10.6 Å². The van der Waals surface area contributed by atoms with Crippen LogP contribution in [0.25, 0.3) is 0 Å². The second kappa shape index (κ2) is 8.19. The zero-order valence-corrected chi connectivity index (χ0v) is 11.6. The van der Waals surface area contributed by atoms with Crippen molar-refractivity contribution in [1.29, 1.82) is 0 Å². The van der Waals surface area contributed by atoms with Gasteiger partial charge in [0.05, 0.1) is 6.61 Å². The summed E-state index contributed by atoms with van der Waals surface area (Å²) < 4.78 is 5.40. The first kappa shape index (κ1) is 15.1. The first-order chi connectivity index (χ1) is 7.86. The van der Waals surface area contributed by atoms with E-state index in [0.29, 0.717) is 19.1 Å². The van der Waals surface area contributed by atoms with E-state index < -0.39 is 0 Å². The topological polar surface area (TPSA) is 50.4 Å². The molecule has 100 valence electrons. The van der Waals surface area contributed by atoms with E-state index >= 15 is 0 Å². The van der Waals surface area contributed by atoms with Crippen molar-refractivity contribution in [2.45, 2.75) is 18.9 Å². The molecule has 0 aliphatic carbocycles. The molecular weight excluding hydrogens is 260 g/mol. The molecule has 17 heavy (non-hydrogen) atoms. The summed E-state index contributed by atoms with van der Waals surface area (Å²) in [4.78, 5) is 11.8. The number of rotatable bonds is 3. The Balaban J connectivity index is 0.00000144. The Morgan fingerprint density at radius 3 is 2.82 bits per heavy atom. The van der Waals surface area contributed by atoms with Crippen molar-refractivity contribution in [3.8, 4) is 0 Å². The zero-order valence-electron chi connectivity index (χ0n) is 9.94. The molecule has 0 aromatic carbocycles. The standard InChI is InChI=1S/C11H20N2O2S.ClH/c14-11(10-8-12-3-4-15-10)13-7-9-1-5-16-6-2-9;/h9-10,12H,1-8H2,(H,13,14);1H. The van der Waals surface area contributed by atoms with Gasteiger partial charge in [0.25, 0.3) is 0 Å². The van der Waals surface area contributed by atoms with Crippen molar-refractivity contribution in [2.75, 3.05) is 37.7 Å². The fraction of sp³-hybridized carbons (Fsp3) is 0.909. The molecule has 2 rings (SSSR count). The number of carbonyl (C=O) groups is 1. The van der Waals surface area contributed by atoms with Crippen LogP contribution in [0, 0.1) is 5.92 Å². The Morgan fingerprint density at radius 1 is 1.41 bits per heavy atom. The quantitative estimate of drug-likeness (QED) is 0.797. The molecule has 1 atom stereocenters. The number of hydrogen-bond donors (Lipinski definition) is 2. The Bertz CT molecular complexity index is 232. The minimum Gasteiger partial charge on any atom is -0.366 e. The third-order valence-corrected chi connectivity index (χ3v) is 4.17. The van der Waals surface area contributed by atoms with Crippen LogP contribution >= 0.6 is 24.2 Å². The maximum Gasteiger partial charge on any atom is 0.250 e. The highest BCUT2D eigenvalue weighted by Crippen LogP contribution is 2.21. The van der Waals surface area contributed by atoms with Crippen LogP contribution in [0.4, 0.5) is 0 Å². The van der Waals surface area contributed by atoms with Crippen molar-refractivity contribution in [3.05, 3.63) is 0 Å². The van der Waals surface area contributed by atoms with Crippen molar-refractivity contribution in [2.24, 2.45) is 5.92 Å². The Kier molecular flexibility index (Phi) is 7.27. The van der Waals surface area contributed by atoms with Gasteiger partial charge in [-0.15, -0.1) is 12.4 Å². The van der Waals surface area contributed by atoms with Crippen LogP contribution in [-0.4, -0.2) is 49.8 Å². The summed E-state index contributed by atoms with van der Waals surface area (Å²) in [5.74, 6) is 3.19. The number of morpholine rings is 1. The second-order valence-electron chi connectivity index (χ2n) is 4.36. The van der Waals surface area contributed by atoms with Crippen LogP contribution in [0.5, 0.6) is 0 Å². The molecule has 1 unspecified atom stereocenters. The third-order valence-electron chi connectivity index (χ3n) is 3.13. The van der Waals surface area contributed by atoms with Gasteiger partial charge in [-0.1, -0.05) is 0 Å². The molecule has 0 saturated carbocycles. The monoisotopic (exact) mass is 280 g/mol.